The molecule has 0 fully saturated rings. The van der Waals surface area contributed by atoms with Crippen LogP contribution in [0.25, 0.3) is 0 Å². The number of benzene rings is 1. The lowest BCUT2D eigenvalue weighted by Crippen LogP contribution is -2.00. The molecule has 0 radical (unpaired) electrons. The molecule has 1 aromatic rings. The van der Waals surface area contributed by atoms with Gasteiger partial charge < -0.3 is 4.74 Å². The molecule has 1 rings (SSSR count). The molecule has 0 unspecified atom stereocenters. The van der Waals surface area contributed by atoms with Gasteiger partial charge in [0.25, 0.3) is 0 Å². The highest BCUT2D eigenvalue weighted by Crippen LogP contribution is 2.13. The molecule has 0 aliphatic rings. The Morgan fingerprint density at radius 3 is 3.00 bits per heavy atom. The van der Waals surface area contributed by atoms with Gasteiger partial charge in [0, 0.05) is 0 Å². The van der Waals surface area contributed by atoms with Crippen LogP contribution in [0.4, 0.5) is 0 Å². The number of hydrogen-bond donors (Lipinski definition) is 0. The molecule has 3 heteroatoms. The van der Waals surface area contributed by atoms with E-state index >= 15 is 0 Å². The largest absolute Gasteiger partial charge is 0.492 e. The maximum atomic E-state index is 9.79. The molecule has 1 aromatic carbocycles. The first-order valence-corrected chi connectivity index (χ1v) is 4.37. The summed E-state index contributed by atoms with van der Waals surface area (Å²) in [6, 6.07) is 7.85. The molecule has 0 aromatic heterocycles. The first kappa shape index (κ1) is 9.71. The molecule has 0 N–H and O–H groups in total. The predicted molar refractivity (Wildman–Crippen MR) is 52.0 cm³/mol. The highest BCUT2D eigenvalue weighted by atomic mass is 16.5. The van der Waals surface area contributed by atoms with Gasteiger partial charge >= 0.3 is 0 Å². The van der Waals surface area contributed by atoms with Gasteiger partial charge in [-0.2, -0.15) is 4.91 Å². The van der Waals surface area contributed by atoms with Gasteiger partial charge in [-0.3, -0.25) is 0 Å². The molecule has 0 atom stereocenters. The molecule has 0 spiro atoms. The molecule has 3 nitrogen and oxygen atoms in total. The van der Waals surface area contributed by atoms with Crippen LogP contribution in [0.15, 0.2) is 29.4 Å². The van der Waals surface area contributed by atoms with E-state index in [2.05, 4.69) is 12.1 Å². The van der Waals surface area contributed by atoms with Crippen LogP contribution >= 0.6 is 0 Å². The van der Waals surface area contributed by atoms with E-state index < -0.39 is 0 Å². The van der Waals surface area contributed by atoms with Crippen LogP contribution < -0.4 is 4.74 Å². The summed E-state index contributed by atoms with van der Waals surface area (Å²) in [4.78, 5) is 9.79. The Kier molecular flexibility index (Phi) is 3.96. The summed E-state index contributed by atoms with van der Waals surface area (Å²) in [7, 11) is 0. The monoisotopic (exact) mass is 179 g/mol. The van der Waals surface area contributed by atoms with E-state index in [0.717, 1.165) is 12.2 Å². The fourth-order valence-corrected chi connectivity index (χ4v) is 1.06. The maximum Gasteiger partial charge on any atom is 0.119 e. The Morgan fingerprint density at radius 1 is 1.46 bits per heavy atom. The minimum Gasteiger partial charge on any atom is -0.492 e. The van der Waals surface area contributed by atoms with Crippen molar-refractivity contribution < 1.29 is 4.74 Å². The van der Waals surface area contributed by atoms with E-state index in [0.29, 0.717) is 6.61 Å². The van der Waals surface area contributed by atoms with Crippen molar-refractivity contribution in [3.8, 4) is 5.75 Å². The van der Waals surface area contributed by atoms with Gasteiger partial charge in [-0.1, -0.05) is 24.2 Å². The summed E-state index contributed by atoms with van der Waals surface area (Å²) in [5.74, 6) is 0.808. The Bertz CT molecular complexity index is 273. The number of nitrogens with zero attached hydrogens (tertiary/aromatic N) is 1. The number of ether oxygens (including phenoxy) is 1. The number of aryl methyl sites for hydroxylation is 1. The van der Waals surface area contributed by atoms with E-state index in [1.807, 2.05) is 24.3 Å². The standard InChI is InChI=1S/C10H13NO2/c1-2-9-4-3-5-10(8-9)13-7-6-11-12/h3-5,8H,2,6-7H2,1H3. The van der Waals surface area contributed by atoms with E-state index in [-0.39, 0.29) is 6.54 Å². The van der Waals surface area contributed by atoms with Crippen molar-refractivity contribution in [2.24, 2.45) is 5.18 Å². The van der Waals surface area contributed by atoms with Crippen molar-refractivity contribution in [3.05, 3.63) is 34.7 Å². The lowest BCUT2D eigenvalue weighted by molar-refractivity contribution is 0.328. The molecule has 0 heterocycles. The van der Waals surface area contributed by atoms with Gasteiger partial charge in [-0.05, 0) is 24.1 Å². The third kappa shape index (κ3) is 3.23. The molecular weight excluding hydrogens is 166 g/mol. The van der Waals surface area contributed by atoms with Crippen molar-refractivity contribution in [1.82, 2.24) is 0 Å². The fourth-order valence-electron chi connectivity index (χ4n) is 1.06. The molecule has 0 saturated carbocycles. The molecule has 70 valence electrons. The van der Waals surface area contributed by atoms with Gasteiger partial charge in [-0.25, -0.2) is 0 Å². The predicted octanol–water partition coefficient (Wildman–Crippen LogP) is 2.39. The van der Waals surface area contributed by atoms with Crippen LogP contribution in [-0.4, -0.2) is 13.2 Å². The van der Waals surface area contributed by atoms with Crippen molar-refractivity contribution >= 4 is 0 Å². The van der Waals surface area contributed by atoms with Crippen molar-refractivity contribution in [2.45, 2.75) is 13.3 Å². The summed E-state index contributed by atoms with van der Waals surface area (Å²) in [5, 5.41) is 2.72. The molecule has 13 heavy (non-hydrogen) atoms. The number of hydrogen-bond acceptors (Lipinski definition) is 3. The minimum absolute atomic E-state index is 0.205. The Hall–Kier alpha value is -1.38. The second kappa shape index (κ2) is 5.30. The topological polar surface area (TPSA) is 38.7 Å². The second-order valence-corrected chi connectivity index (χ2v) is 2.70. The SMILES string of the molecule is CCc1cccc(OCCN=O)c1. The van der Waals surface area contributed by atoms with Gasteiger partial charge in [0.1, 0.15) is 18.9 Å². The van der Waals surface area contributed by atoms with Crippen LogP contribution in [0.5, 0.6) is 5.75 Å². The minimum atomic E-state index is 0.205. The first-order chi connectivity index (χ1) is 6.36. The van der Waals surface area contributed by atoms with Gasteiger partial charge in [-0.15, -0.1) is 0 Å². The number of rotatable bonds is 5. The van der Waals surface area contributed by atoms with Gasteiger partial charge in [0.15, 0.2) is 0 Å². The summed E-state index contributed by atoms with van der Waals surface area (Å²) in [5.41, 5.74) is 1.23. The summed E-state index contributed by atoms with van der Waals surface area (Å²) >= 11 is 0. The highest BCUT2D eigenvalue weighted by molar-refractivity contribution is 5.28. The Morgan fingerprint density at radius 2 is 2.31 bits per heavy atom. The van der Waals surface area contributed by atoms with Crippen molar-refractivity contribution in [2.75, 3.05) is 13.2 Å². The smallest absolute Gasteiger partial charge is 0.119 e. The third-order valence-electron chi connectivity index (χ3n) is 1.76. The molecule has 0 saturated heterocycles. The Labute approximate surface area is 77.7 Å². The van der Waals surface area contributed by atoms with Crippen LogP contribution in [0.3, 0.4) is 0 Å². The molecule has 0 aliphatic heterocycles. The van der Waals surface area contributed by atoms with Crippen LogP contribution in [0.1, 0.15) is 12.5 Å². The maximum absolute atomic E-state index is 9.79. The average Bonchev–Trinajstić information content (AvgIpc) is 2.19. The highest BCUT2D eigenvalue weighted by Gasteiger charge is 1.94. The van der Waals surface area contributed by atoms with Gasteiger partial charge in [0.05, 0.1) is 0 Å². The molecular formula is C10H13NO2. The van der Waals surface area contributed by atoms with Crippen molar-refractivity contribution in [3.63, 3.8) is 0 Å². The lowest BCUT2D eigenvalue weighted by atomic mass is 10.2. The second-order valence-electron chi connectivity index (χ2n) is 2.70. The van der Waals surface area contributed by atoms with E-state index in [4.69, 9.17) is 4.74 Å². The van der Waals surface area contributed by atoms with Crippen molar-refractivity contribution in [1.29, 1.82) is 0 Å². The zero-order chi connectivity index (χ0) is 9.52. The Balaban J connectivity index is 2.50. The van der Waals surface area contributed by atoms with Crippen LogP contribution in [0.2, 0.25) is 0 Å². The third-order valence-corrected chi connectivity index (χ3v) is 1.76. The quantitative estimate of drug-likeness (QED) is 0.514. The number of nitroso groups, excluding NO2 is 1. The summed E-state index contributed by atoms with van der Waals surface area (Å²) < 4.78 is 5.30. The summed E-state index contributed by atoms with van der Waals surface area (Å²) in [6.45, 7) is 2.65. The van der Waals surface area contributed by atoms with E-state index in [1.54, 1.807) is 0 Å². The first-order valence-electron chi connectivity index (χ1n) is 4.37. The lowest BCUT2D eigenvalue weighted by Gasteiger charge is -2.04. The van der Waals surface area contributed by atoms with Crippen LogP contribution in [-0.2, 0) is 6.42 Å². The summed E-state index contributed by atoms with van der Waals surface area (Å²) in [6.07, 6.45) is 0.989. The molecule has 0 amide bonds. The normalized spacial score (nSPS) is 9.62. The molecule has 0 bridgehead atoms. The molecule has 0 aliphatic carbocycles. The van der Waals surface area contributed by atoms with Gasteiger partial charge in [0.2, 0.25) is 0 Å². The van der Waals surface area contributed by atoms with Crippen LogP contribution in [0, 0.1) is 4.91 Å². The zero-order valence-electron chi connectivity index (χ0n) is 7.69. The average molecular weight is 179 g/mol. The van der Waals surface area contributed by atoms with E-state index in [1.165, 1.54) is 5.56 Å². The zero-order valence-corrected chi connectivity index (χ0v) is 7.69. The fraction of sp³-hybridized carbons (Fsp3) is 0.400. The van der Waals surface area contributed by atoms with E-state index in [9.17, 15) is 4.91 Å².